The number of hydrogen-bond acceptors (Lipinski definition) is 4. The molecule has 0 unspecified atom stereocenters. The molecule has 2 N–H and O–H groups in total. The zero-order valence-electron chi connectivity index (χ0n) is 10.3. The second-order valence-electron chi connectivity index (χ2n) is 4.30. The number of benzene rings is 1. The van der Waals surface area contributed by atoms with Gasteiger partial charge in [-0.05, 0) is 13.0 Å². The quantitative estimate of drug-likeness (QED) is 0.716. The van der Waals surface area contributed by atoms with Crippen LogP contribution in [0.2, 0.25) is 0 Å². The summed E-state index contributed by atoms with van der Waals surface area (Å²) in [4.78, 5) is 4.50. The van der Waals surface area contributed by atoms with Crippen molar-refractivity contribution < 1.29 is 0 Å². The summed E-state index contributed by atoms with van der Waals surface area (Å²) in [6.07, 6.45) is 1.80. The fourth-order valence-corrected chi connectivity index (χ4v) is 1.96. The Morgan fingerprint density at radius 2 is 2.11 bits per heavy atom. The maximum Gasteiger partial charge on any atom is 0.155 e. The van der Waals surface area contributed by atoms with E-state index in [9.17, 15) is 5.26 Å². The van der Waals surface area contributed by atoms with E-state index in [4.69, 9.17) is 5.73 Å². The van der Waals surface area contributed by atoms with Crippen molar-refractivity contribution in [2.45, 2.75) is 6.92 Å². The highest BCUT2D eigenvalue weighted by molar-refractivity contribution is 5.85. The number of nitrogens with two attached hydrogens (primary N) is 1. The summed E-state index contributed by atoms with van der Waals surface area (Å²) < 4.78 is 1.60. The van der Waals surface area contributed by atoms with Crippen LogP contribution in [-0.4, -0.2) is 14.8 Å². The Hall–Kier alpha value is -2.87. The van der Waals surface area contributed by atoms with Crippen molar-refractivity contribution in [2.24, 2.45) is 0 Å². The van der Waals surface area contributed by atoms with E-state index in [-0.39, 0.29) is 0 Å². The number of rotatable bonds is 1. The monoisotopic (exact) mass is 249 g/mol. The molecule has 19 heavy (non-hydrogen) atoms. The van der Waals surface area contributed by atoms with Gasteiger partial charge in [-0.2, -0.15) is 5.26 Å². The van der Waals surface area contributed by atoms with Crippen molar-refractivity contribution >= 4 is 16.7 Å². The number of nitrogens with zero attached hydrogens (tertiary/aromatic N) is 4. The molecule has 0 atom stereocenters. The molecule has 0 saturated carbocycles. The summed E-state index contributed by atoms with van der Waals surface area (Å²) in [6.45, 7) is 1.88. The Labute approximate surface area is 109 Å². The lowest BCUT2D eigenvalue weighted by Gasteiger charge is -2.04. The maximum atomic E-state index is 9.23. The van der Waals surface area contributed by atoms with E-state index in [0.29, 0.717) is 17.2 Å². The molecule has 0 aliphatic rings. The minimum atomic E-state index is 0.466. The van der Waals surface area contributed by atoms with Gasteiger partial charge in [0.1, 0.15) is 5.82 Å². The van der Waals surface area contributed by atoms with Crippen LogP contribution in [0, 0.1) is 18.3 Å². The molecule has 3 rings (SSSR count). The number of aryl methyl sites for hydroxylation is 1. The lowest BCUT2D eigenvalue weighted by molar-refractivity contribution is 0.856. The molecule has 0 fully saturated rings. The van der Waals surface area contributed by atoms with Crippen LogP contribution in [0.3, 0.4) is 0 Å². The number of nitrogen functional groups attached to an aromatic ring is 1. The fraction of sp³-hybridized carbons (Fsp3) is 0.0714. The maximum absolute atomic E-state index is 9.23. The van der Waals surface area contributed by atoms with Crippen LogP contribution in [0.1, 0.15) is 11.1 Å². The second-order valence-corrected chi connectivity index (χ2v) is 4.30. The average molecular weight is 249 g/mol. The van der Waals surface area contributed by atoms with Crippen molar-refractivity contribution in [3.63, 3.8) is 0 Å². The molecule has 0 amide bonds. The van der Waals surface area contributed by atoms with E-state index >= 15 is 0 Å². The van der Waals surface area contributed by atoms with Gasteiger partial charge in [-0.25, -0.2) is 9.67 Å². The van der Waals surface area contributed by atoms with Crippen LogP contribution >= 0.6 is 0 Å². The molecule has 3 aromatic rings. The number of fused-ring (bicyclic) bond motifs is 1. The molecule has 5 heteroatoms. The highest BCUT2D eigenvalue weighted by atomic mass is 15.3. The van der Waals surface area contributed by atoms with E-state index in [0.717, 1.165) is 16.5 Å². The van der Waals surface area contributed by atoms with Gasteiger partial charge in [-0.1, -0.05) is 18.2 Å². The average Bonchev–Trinajstić information content (AvgIpc) is 2.77. The molecule has 0 aliphatic heterocycles. The smallest absolute Gasteiger partial charge is 0.155 e. The van der Waals surface area contributed by atoms with Crippen LogP contribution < -0.4 is 5.73 Å². The summed E-state index contributed by atoms with van der Waals surface area (Å²) in [5.41, 5.74) is 7.96. The summed E-state index contributed by atoms with van der Waals surface area (Å²) in [5, 5.41) is 14.3. The molecular formula is C14H11N5. The van der Waals surface area contributed by atoms with E-state index in [1.54, 1.807) is 16.9 Å². The molecular weight excluding hydrogens is 238 g/mol. The third kappa shape index (κ3) is 1.79. The Bertz CT molecular complexity index is 791. The van der Waals surface area contributed by atoms with E-state index < -0.39 is 0 Å². The first kappa shape index (κ1) is 11.2. The number of aromatic nitrogens is 3. The Kier molecular flexibility index (Phi) is 2.43. The Morgan fingerprint density at radius 3 is 2.79 bits per heavy atom. The summed E-state index contributed by atoms with van der Waals surface area (Å²) in [7, 11) is 0. The Morgan fingerprint density at radius 1 is 1.32 bits per heavy atom. The normalized spacial score (nSPS) is 10.5. The molecule has 0 saturated heterocycles. The van der Waals surface area contributed by atoms with Gasteiger partial charge in [0, 0.05) is 23.2 Å². The lowest BCUT2D eigenvalue weighted by atomic mass is 10.1. The van der Waals surface area contributed by atoms with Crippen LogP contribution in [-0.2, 0) is 0 Å². The van der Waals surface area contributed by atoms with Crippen molar-refractivity contribution in [1.82, 2.24) is 14.8 Å². The lowest BCUT2D eigenvalue weighted by Crippen LogP contribution is -2.00. The summed E-state index contributed by atoms with van der Waals surface area (Å²) in [5.74, 6) is 1.06. The summed E-state index contributed by atoms with van der Waals surface area (Å²) >= 11 is 0. The molecule has 0 spiro atoms. The largest absolute Gasteiger partial charge is 0.382 e. The molecule has 0 bridgehead atoms. The molecule has 1 aromatic carbocycles. The van der Waals surface area contributed by atoms with Gasteiger partial charge in [0.15, 0.2) is 5.82 Å². The van der Waals surface area contributed by atoms with Crippen molar-refractivity contribution in [3.05, 3.63) is 47.7 Å². The Balaban J connectivity index is 2.28. The van der Waals surface area contributed by atoms with Crippen molar-refractivity contribution in [3.8, 4) is 11.9 Å². The summed E-state index contributed by atoms with van der Waals surface area (Å²) in [6, 6.07) is 11.4. The van der Waals surface area contributed by atoms with Gasteiger partial charge in [0.2, 0.25) is 0 Å². The highest BCUT2D eigenvalue weighted by Gasteiger charge is 2.09. The van der Waals surface area contributed by atoms with Gasteiger partial charge >= 0.3 is 0 Å². The number of pyridine rings is 1. The van der Waals surface area contributed by atoms with Gasteiger partial charge < -0.3 is 5.73 Å². The van der Waals surface area contributed by atoms with E-state index in [1.807, 2.05) is 31.2 Å². The standard InChI is InChI=1S/C14H11N5/c1-9-8-19(18-14(9)16)13-6-10(7-15)11-4-2-3-5-12(11)17-13/h2-6,8H,1H3,(H2,16,18). The SMILES string of the molecule is Cc1cn(-c2cc(C#N)c3ccccc3n2)nc1N. The fourth-order valence-electron chi connectivity index (χ4n) is 1.96. The molecule has 0 aliphatic carbocycles. The number of nitriles is 1. The third-order valence-electron chi connectivity index (χ3n) is 2.99. The molecule has 2 aromatic heterocycles. The first-order valence-electron chi connectivity index (χ1n) is 5.81. The highest BCUT2D eigenvalue weighted by Crippen LogP contribution is 2.20. The molecule has 0 radical (unpaired) electrons. The van der Waals surface area contributed by atoms with Crippen LogP contribution in [0.4, 0.5) is 5.82 Å². The number of para-hydroxylation sites is 1. The topological polar surface area (TPSA) is 80.5 Å². The van der Waals surface area contributed by atoms with Gasteiger partial charge in [-0.15, -0.1) is 5.10 Å². The number of anilines is 1. The van der Waals surface area contributed by atoms with Gasteiger partial charge in [0.05, 0.1) is 17.1 Å². The first-order chi connectivity index (χ1) is 9.19. The first-order valence-corrected chi connectivity index (χ1v) is 5.81. The predicted octanol–water partition coefficient (Wildman–Crippen LogP) is 2.18. The van der Waals surface area contributed by atoms with E-state index in [1.165, 1.54) is 0 Å². The van der Waals surface area contributed by atoms with Crippen LogP contribution in [0.15, 0.2) is 36.5 Å². The second kappa shape index (κ2) is 4.10. The minimum absolute atomic E-state index is 0.466. The van der Waals surface area contributed by atoms with Crippen molar-refractivity contribution in [1.29, 1.82) is 5.26 Å². The van der Waals surface area contributed by atoms with Crippen LogP contribution in [0.25, 0.3) is 16.7 Å². The molecule has 5 nitrogen and oxygen atoms in total. The third-order valence-corrected chi connectivity index (χ3v) is 2.99. The number of hydrogen-bond donors (Lipinski definition) is 1. The zero-order chi connectivity index (χ0) is 13.4. The zero-order valence-corrected chi connectivity index (χ0v) is 10.3. The van der Waals surface area contributed by atoms with E-state index in [2.05, 4.69) is 16.2 Å². The van der Waals surface area contributed by atoms with Crippen molar-refractivity contribution in [2.75, 3.05) is 5.73 Å². The predicted molar refractivity (Wildman–Crippen MR) is 72.7 cm³/mol. The molecule has 92 valence electrons. The van der Waals surface area contributed by atoms with Gasteiger partial charge in [0.25, 0.3) is 0 Å². The molecule has 2 heterocycles. The van der Waals surface area contributed by atoms with Gasteiger partial charge in [-0.3, -0.25) is 0 Å². The minimum Gasteiger partial charge on any atom is -0.382 e. The van der Waals surface area contributed by atoms with Crippen LogP contribution in [0.5, 0.6) is 0 Å².